The van der Waals surface area contributed by atoms with Gasteiger partial charge in [-0.15, -0.1) is 0 Å². The molecule has 2 aromatic rings. The highest BCUT2D eigenvalue weighted by molar-refractivity contribution is 5.67. The largest absolute Gasteiger partial charge is 0.303 e. The first kappa shape index (κ1) is 15.2. The van der Waals surface area contributed by atoms with Crippen LogP contribution in [0.2, 0.25) is 0 Å². The van der Waals surface area contributed by atoms with Crippen molar-refractivity contribution in [2.24, 2.45) is 0 Å². The molecule has 0 saturated heterocycles. The van der Waals surface area contributed by atoms with Crippen LogP contribution in [-0.2, 0) is 0 Å². The van der Waals surface area contributed by atoms with Crippen LogP contribution < -0.4 is 0 Å². The van der Waals surface area contributed by atoms with Crippen molar-refractivity contribution in [1.82, 2.24) is 9.88 Å². The number of pyridine rings is 1. The molecule has 0 saturated carbocycles. The van der Waals surface area contributed by atoms with Crippen LogP contribution in [0.25, 0.3) is 11.3 Å². The van der Waals surface area contributed by atoms with Crippen LogP contribution in [0.15, 0.2) is 30.3 Å². The summed E-state index contributed by atoms with van der Waals surface area (Å²) >= 11 is 0. The van der Waals surface area contributed by atoms with Crippen LogP contribution in [-0.4, -0.2) is 24.0 Å². The highest BCUT2D eigenvalue weighted by Gasteiger charge is 2.11. The summed E-state index contributed by atoms with van der Waals surface area (Å²) in [5, 5.41) is 9.31. The Labute approximate surface area is 126 Å². The second kappa shape index (κ2) is 6.07. The molecule has 0 aliphatic rings. The minimum Gasteiger partial charge on any atom is -0.303 e. The van der Waals surface area contributed by atoms with Gasteiger partial charge >= 0.3 is 0 Å². The number of hydrogen-bond acceptors (Lipinski definition) is 3. The fourth-order valence-corrected chi connectivity index (χ4v) is 2.23. The van der Waals surface area contributed by atoms with Gasteiger partial charge in [0.1, 0.15) is 6.07 Å². The highest BCUT2D eigenvalue weighted by atomic mass is 15.1. The zero-order valence-corrected chi connectivity index (χ0v) is 13.3. The van der Waals surface area contributed by atoms with Crippen molar-refractivity contribution in [3.05, 3.63) is 52.7 Å². The van der Waals surface area contributed by atoms with Gasteiger partial charge in [-0.25, -0.2) is 0 Å². The average Bonchev–Trinajstić information content (AvgIpc) is 2.49. The van der Waals surface area contributed by atoms with Crippen molar-refractivity contribution in [3.63, 3.8) is 0 Å². The smallest absolute Gasteiger partial charge is 0.101 e. The molecule has 0 fully saturated rings. The second-order valence-corrected chi connectivity index (χ2v) is 5.66. The number of aryl methyl sites for hydroxylation is 2. The summed E-state index contributed by atoms with van der Waals surface area (Å²) in [5.74, 6) is 0. The lowest BCUT2D eigenvalue weighted by atomic mass is 10.0. The van der Waals surface area contributed by atoms with E-state index in [2.05, 4.69) is 49.1 Å². The molecule has 1 heterocycles. The molecule has 3 nitrogen and oxygen atoms in total. The topological polar surface area (TPSA) is 39.9 Å². The molecule has 0 N–H and O–H groups in total. The standard InChI is InChI=1S/C18H21N3/c1-12-10-17(11-19)18(20-13(12)2)16-8-6-15(7-9-16)14(3)21(4)5/h6-10,14H,1-5H3/t14-/m0/s1. The number of aromatic nitrogens is 1. The van der Waals surface area contributed by atoms with Gasteiger partial charge in [0.2, 0.25) is 0 Å². The van der Waals surface area contributed by atoms with Crippen molar-refractivity contribution in [3.8, 4) is 17.3 Å². The van der Waals surface area contributed by atoms with E-state index in [9.17, 15) is 5.26 Å². The summed E-state index contributed by atoms with van der Waals surface area (Å²) in [7, 11) is 4.13. The molecule has 3 heteroatoms. The predicted octanol–water partition coefficient (Wildman–Crippen LogP) is 3.86. The summed E-state index contributed by atoms with van der Waals surface area (Å²) in [6.45, 7) is 6.13. The molecular weight excluding hydrogens is 258 g/mol. The fraction of sp³-hybridized carbons (Fsp3) is 0.333. The van der Waals surface area contributed by atoms with Crippen molar-refractivity contribution < 1.29 is 0 Å². The van der Waals surface area contributed by atoms with E-state index in [1.807, 2.05) is 32.0 Å². The van der Waals surface area contributed by atoms with Gasteiger partial charge in [-0.05, 0) is 52.1 Å². The molecule has 0 amide bonds. The van der Waals surface area contributed by atoms with E-state index in [1.165, 1.54) is 5.56 Å². The van der Waals surface area contributed by atoms with Crippen molar-refractivity contribution in [2.75, 3.05) is 14.1 Å². The quantitative estimate of drug-likeness (QED) is 0.856. The van der Waals surface area contributed by atoms with Crippen LogP contribution in [0.5, 0.6) is 0 Å². The molecule has 1 atom stereocenters. The molecule has 0 unspecified atom stereocenters. The third-order valence-electron chi connectivity index (χ3n) is 4.03. The van der Waals surface area contributed by atoms with Gasteiger partial charge < -0.3 is 4.90 Å². The van der Waals surface area contributed by atoms with Gasteiger partial charge in [0.05, 0.1) is 11.3 Å². The fourth-order valence-electron chi connectivity index (χ4n) is 2.23. The first-order chi connectivity index (χ1) is 9.93. The maximum Gasteiger partial charge on any atom is 0.101 e. The van der Waals surface area contributed by atoms with Crippen molar-refractivity contribution in [2.45, 2.75) is 26.8 Å². The second-order valence-electron chi connectivity index (χ2n) is 5.66. The van der Waals surface area contributed by atoms with Gasteiger partial charge in [0.25, 0.3) is 0 Å². The van der Waals surface area contributed by atoms with Gasteiger partial charge in [-0.2, -0.15) is 5.26 Å². The van der Waals surface area contributed by atoms with E-state index in [4.69, 9.17) is 0 Å². The van der Waals surface area contributed by atoms with Gasteiger partial charge in [0, 0.05) is 17.3 Å². The molecule has 0 aliphatic heterocycles. The Balaban J connectivity index is 2.44. The highest BCUT2D eigenvalue weighted by Crippen LogP contribution is 2.26. The third-order valence-corrected chi connectivity index (χ3v) is 4.03. The molecule has 0 aliphatic carbocycles. The number of benzene rings is 1. The lowest BCUT2D eigenvalue weighted by Crippen LogP contribution is -2.16. The number of rotatable bonds is 3. The number of hydrogen-bond donors (Lipinski definition) is 0. The molecule has 0 bridgehead atoms. The summed E-state index contributed by atoms with van der Waals surface area (Å²) in [4.78, 5) is 6.76. The Morgan fingerprint density at radius 1 is 1.14 bits per heavy atom. The average molecular weight is 279 g/mol. The normalized spacial score (nSPS) is 12.2. The number of nitrogens with zero attached hydrogens (tertiary/aromatic N) is 3. The Morgan fingerprint density at radius 3 is 2.29 bits per heavy atom. The molecule has 0 spiro atoms. The van der Waals surface area contributed by atoms with Crippen molar-refractivity contribution >= 4 is 0 Å². The SMILES string of the molecule is Cc1cc(C#N)c(-c2ccc([C@H](C)N(C)C)cc2)nc1C. The van der Waals surface area contributed by atoms with E-state index in [-0.39, 0.29) is 0 Å². The summed E-state index contributed by atoms with van der Waals surface area (Å²) in [5.41, 5.74) is 5.66. The molecule has 0 radical (unpaired) electrons. The van der Waals surface area contributed by atoms with E-state index < -0.39 is 0 Å². The van der Waals surface area contributed by atoms with Gasteiger partial charge in [-0.3, -0.25) is 4.98 Å². The zero-order chi connectivity index (χ0) is 15.6. The Morgan fingerprint density at radius 2 is 1.76 bits per heavy atom. The predicted molar refractivity (Wildman–Crippen MR) is 86.0 cm³/mol. The first-order valence-corrected chi connectivity index (χ1v) is 7.09. The lowest BCUT2D eigenvalue weighted by molar-refractivity contribution is 0.321. The minimum atomic E-state index is 0.363. The van der Waals surface area contributed by atoms with Crippen LogP contribution in [0.1, 0.15) is 35.3 Å². The van der Waals surface area contributed by atoms with Crippen molar-refractivity contribution in [1.29, 1.82) is 5.26 Å². The zero-order valence-electron chi connectivity index (χ0n) is 13.3. The van der Waals surface area contributed by atoms with Gasteiger partial charge in [-0.1, -0.05) is 24.3 Å². The maximum absolute atomic E-state index is 9.31. The molecule has 1 aromatic heterocycles. The Kier molecular flexibility index (Phi) is 4.40. The molecular formula is C18H21N3. The third kappa shape index (κ3) is 3.12. The van der Waals surface area contributed by atoms with Crippen LogP contribution in [0, 0.1) is 25.2 Å². The van der Waals surface area contributed by atoms with Crippen LogP contribution in [0.3, 0.4) is 0 Å². The molecule has 2 rings (SSSR count). The van der Waals surface area contributed by atoms with E-state index in [1.54, 1.807) is 0 Å². The molecule has 108 valence electrons. The summed E-state index contributed by atoms with van der Waals surface area (Å²) < 4.78 is 0. The maximum atomic E-state index is 9.31. The van der Waals surface area contributed by atoms with Crippen LogP contribution in [0.4, 0.5) is 0 Å². The van der Waals surface area contributed by atoms with E-state index in [0.29, 0.717) is 11.6 Å². The number of nitriles is 1. The Hall–Kier alpha value is -2.18. The van der Waals surface area contributed by atoms with E-state index in [0.717, 1.165) is 22.5 Å². The van der Waals surface area contributed by atoms with Gasteiger partial charge in [0.15, 0.2) is 0 Å². The lowest BCUT2D eigenvalue weighted by Gasteiger charge is -2.20. The van der Waals surface area contributed by atoms with E-state index >= 15 is 0 Å². The molecule has 1 aromatic carbocycles. The first-order valence-electron chi connectivity index (χ1n) is 7.09. The summed E-state index contributed by atoms with van der Waals surface area (Å²) in [6, 6.07) is 12.8. The van der Waals surface area contributed by atoms with Crippen LogP contribution >= 0.6 is 0 Å². The Bertz CT molecular complexity index is 679. The monoisotopic (exact) mass is 279 g/mol. The summed E-state index contributed by atoms with van der Waals surface area (Å²) in [6.07, 6.45) is 0. The molecule has 21 heavy (non-hydrogen) atoms. The minimum absolute atomic E-state index is 0.363.